The standard InChI is InChI=1S/C16H31N5O6/c1-10(22)16(27,9-12(23)24)14(21(3,4)5)20(2)11(13(25)26)7-6-8-19-15(17)18/h11,14,27H,6-9H2,1-5H3,(H5-,17,18,19,23,24,25,26)/t11-,14?,16?/m0/s1. The van der Waals surface area contributed by atoms with Gasteiger partial charge in [0.05, 0.1) is 21.1 Å². The van der Waals surface area contributed by atoms with Gasteiger partial charge in [-0.15, -0.1) is 0 Å². The number of quaternary nitrogens is 1. The molecule has 0 bridgehead atoms. The number of hydrogen-bond acceptors (Lipinski definition) is 7. The molecule has 3 atom stereocenters. The van der Waals surface area contributed by atoms with Gasteiger partial charge < -0.3 is 36.1 Å². The molecular formula is C16H31N5O6. The quantitative estimate of drug-likeness (QED) is 0.0883. The summed E-state index contributed by atoms with van der Waals surface area (Å²) in [5.41, 5.74) is 8.14. The van der Waals surface area contributed by atoms with E-state index in [4.69, 9.17) is 11.5 Å². The van der Waals surface area contributed by atoms with Crippen molar-refractivity contribution in [3.63, 3.8) is 0 Å². The smallest absolute Gasteiger partial charge is 0.321 e. The van der Waals surface area contributed by atoms with Gasteiger partial charge >= 0.3 is 5.97 Å². The monoisotopic (exact) mass is 389 g/mol. The zero-order valence-corrected chi connectivity index (χ0v) is 16.5. The maximum Gasteiger partial charge on any atom is 0.321 e. The molecule has 0 heterocycles. The number of hydrogen-bond donors (Lipinski definition) is 4. The molecule has 0 radical (unpaired) electrons. The van der Waals surface area contributed by atoms with Crippen LogP contribution in [0.2, 0.25) is 0 Å². The number of guanidine groups is 1. The first-order valence-corrected chi connectivity index (χ1v) is 8.39. The van der Waals surface area contributed by atoms with Crippen LogP contribution in [0.3, 0.4) is 0 Å². The molecule has 27 heavy (non-hydrogen) atoms. The summed E-state index contributed by atoms with van der Waals surface area (Å²) < 4.78 is -0.0858. The van der Waals surface area contributed by atoms with E-state index in [-0.39, 0.29) is 23.4 Å². The molecule has 0 fully saturated rings. The summed E-state index contributed by atoms with van der Waals surface area (Å²) in [5, 5.41) is 31.7. The lowest BCUT2D eigenvalue weighted by molar-refractivity contribution is -0.915. The second-order valence-corrected chi connectivity index (χ2v) is 7.49. The lowest BCUT2D eigenvalue weighted by Gasteiger charge is -2.48. The fraction of sp³-hybridized carbons (Fsp3) is 0.750. The van der Waals surface area contributed by atoms with Crippen LogP contribution in [0.1, 0.15) is 26.2 Å². The number of Topliss-reactive ketones (excluding diaryl/α,β-unsaturated/α-hetero) is 1. The number of nitrogens with zero attached hydrogens (tertiary/aromatic N) is 3. The summed E-state index contributed by atoms with van der Waals surface area (Å²) >= 11 is 0. The van der Waals surface area contributed by atoms with Crippen LogP contribution in [0, 0.1) is 0 Å². The lowest BCUT2D eigenvalue weighted by Crippen LogP contribution is -2.71. The van der Waals surface area contributed by atoms with Crippen LogP contribution in [-0.2, 0) is 14.4 Å². The van der Waals surface area contributed by atoms with Crippen molar-refractivity contribution >= 4 is 23.7 Å². The molecule has 0 aromatic carbocycles. The van der Waals surface area contributed by atoms with Gasteiger partial charge in [0.15, 0.2) is 23.5 Å². The highest BCUT2D eigenvalue weighted by atomic mass is 16.4. The molecule has 0 aliphatic rings. The summed E-state index contributed by atoms with van der Waals surface area (Å²) in [6, 6.07) is -1.10. The minimum atomic E-state index is -2.33. The van der Waals surface area contributed by atoms with Gasteiger partial charge in [0.2, 0.25) is 0 Å². The van der Waals surface area contributed by atoms with Gasteiger partial charge in [0.25, 0.3) is 0 Å². The zero-order valence-electron chi connectivity index (χ0n) is 16.5. The van der Waals surface area contributed by atoms with Crippen molar-refractivity contribution in [3.05, 3.63) is 0 Å². The Bertz CT molecular complexity index is 584. The van der Waals surface area contributed by atoms with Gasteiger partial charge in [-0.2, -0.15) is 0 Å². The van der Waals surface area contributed by atoms with E-state index in [9.17, 15) is 29.7 Å². The Hall–Kier alpha value is -2.24. The summed E-state index contributed by atoms with van der Waals surface area (Å²) in [4.78, 5) is 40.2. The van der Waals surface area contributed by atoms with Crippen LogP contribution in [0.15, 0.2) is 4.99 Å². The molecule has 156 valence electrons. The lowest BCUT2D eigenvalue weighted by atomic mass is 9.88. The van der Waals surface area contributed by atoms with Crippen molar-refractivity contribution in [2.75, 3.05) is 34.7 Å². The molecule has 0 spiro atoms. The van der Waals surface area contributed by atoms with Crippen molar-refractivity contribution in [2.24, 2.45) is 16.5 Å². The van der Waals surface area contributed by atoms with Crippen molar-refractivity contribution in [1.29, 1.82) is 0 Å². The number of likely N-dealkylation sites (N-methyl/N-ethyl adjacent to an activating group) is 2. The molecule has 0 saturated heterocycles. The maximum atomic E-state index is 12.2. The third kappa shape index (κ3) is 7.12. The Morgan fingerprint density at radius 3 is 2.11 bits per heavy atom. The van der Waals surface area contributed by atoms with Crippen LogP contribution in [-0.4, -0.2) is 95.8 Å². The minimum Gasteiger partial charge on any atom is -0.550 e. The molecule has 0 saturated carbocycles. The maximum absolute atomic E-state index is 12.2. The van der Waals surface area contributed by atoms with E-state index >= 15 is 0 Å². The second-order valence-electron chi connectivity index (χ2n) is 7.49. The SMILES string of the molecule is CC(=O)C(O)(CC(=O)[O-])C(N(C)[C@@H](CCCN=C(N)N)C(=O)O)[N+](C)(C)C. The van der Waals surface area contributed by atoms with Crippen LogP contribution in [0.25, 0.3) is 0 Å². The van der Waals surface area contributed by atoms with E-state index in [1.54, 1.807) is 21.1 Å². The summed E-state index contributed by atoms with van der Waals surface area (Å²) in [6.07, 6.45) is -1.65. The third-order valence-corrected chi connectivity index (χ3v) is 4.28. The van der Waals surface area contributed by atoms with Crippen LogP contribution < -0.4 is 16.6 Å². The predicted molar refractivity (Wildman–Crippen MR) is 96.2 cm³/mol. The molecule has 6 N–H and O–H groups in total. The average Bonchev–Trinajstić information content (AvgIpc) is 2.43. The first-order valence-electron chi connectivity index (χ1n) is 8.39. The number of carboxylic acid groups (broad SMARTS) is 2. The fourth-order valence-electron chi connectivity index (χ4n) is 3.31. The molecule has 0 aromatic rings. The largest absolute Gasteiger partial charge is 0.550 e. The molecule has 2 unspecified atom stereocenters. The van der Waals surface area contributed by atoms with Crippen LogP contribution in [0.4, 0.5) is 0 Å². The first kappa shape index (κ1) is 24.8. The van der Waals surface area contributed by atoms with E-state index in [0.717, 1.165) is 6.92 Å². The Morgan fingerprint density at radius 1 is 1.26 bits per heavy atom. The molecule has 0 aliphatic carbocycles. The number of nitrogens with two attached hydrogens (primary N) is 2. The molecule has 0 amide bonds. The number of carboxylic acids is 2. The highest BCUT2D eigenvalue weighted by Crippen LogP contribution is 2.28. The molecular weight excluding hydrogens is 358 g/mol. The molecule has 11 heteroatoms. The minimum absolute atomic E-state index is 0.0858. The summed E-state index contributed by atoms with van der Waals surface area (Å²) in [7, 11) is 6.31. The highest BCUT2D eigenvalue weighted by Gasteiger charge is 2.53. The second kappa shape index (κ2) is 9.62. The Labute approximate surface area is 158 Å². The van der Waals surface area contributed by atoms with Crippen molar-refractivity contribution in [2.45, 2.75) is 44.0 Å². The van der Waals surface area contributed by atoms with Gasteiger partial charge in [-0.05, 0) is 26.8 Å². The zero-order chi connectivity index (χ0) is 21.6. The van der Waals surface area contributed by atoms with E-state index in [0.29, 0.717) is 6.42 Å². The number of carbonyl (C=O) groups is 3. The van der Waals surface area contributed by atoms with Crippen LogP contribution in [0.5, 0.6) is 0 Å². The number of ketones is 1. The van der Waals surface area contributed by atoms with E-state index in [2.05, 4.69) is 4.99 Å². The average molecular weight is 389 g/mol. The van der Waals surface area contributed by atoms with Gasteiger partial charge in [-0.3, -0.25) is 14.6 Å². The van der Waals surface area contributed by atoms with Crippen LogP contribution >= 0.6 is 0 Å². The number of aliphatic hydroxyl groups is 1. The Kier molecular flexibility index (Phi) is 8.83. The first-order chi connectivity index (χ1) is 12.1. The summed E-state index contributed by atoms with van der Waals surface area (Å²) in [6.45, 7) is 1.28. The Balaban J connectivity index is 5.87. The van der Waals surface area contributed by atoms with E-state index < -0.39 is 42.0 Å². The van der Waals surface area contributed by atoms with E-state index in [1.807, 2.05) is 0 Å². The van der Waals surface area contributed by atoms with Gasteiger partial charge in [-0.25, -0.2) is 4.90 Å². The number of aliphatic carboxylic acids is 2. The molecule has 0 aliphatic heterocycles. The fourth-order valence-corrected chi connectivity index (χ4v) is 3.31. The predicted octanol–water partition coefficient (Wildman–Crippen LogP) is -3.08. The van der Waals surface area contributed by atoms with Gasteiger partial charge in [0, 0.05) is 18.9 Å². The topological polar surface area (TPSA) is 182 Å². The molecule has 0 rings (SSSR count). The summed E-state index contributed by atoms with van der Waals surface area (Å²) in [5.74, 6) is -3.69. The Morgan fingerprint density at radius 2 is 1.78 bits per heavy atom. The third-order valence-electron chi connectivity index (χ3n) is 4.28. The normalized spacial score (nSPS) is 16.3. The van der Waals surface area contributed by atoms with Crippen molar-refractivity contribution in [1.82, 2.24) is 4.90 Å². The van der Waals surface area contributed by atoms with E-state index in [1.165, 1.54) is 11.9 Å². The highest BCUT2D eigenvalue weighted by molar-refractivity contribution is 5.89. The van der Waals surface area contributed by atoms with Crippen molar-refractivity contribution in [3.8, 4) is 0 Å². The number of rotatable bonds is 12. The molecule has 11 nitrogen and oxygen atoms in total. The molecule has 0 aromatic heterocycles. The number of carbonyl (C=O) groups excluding carboxylic acids is 2. The van der Waals surface area contributed by atoms with Gasteiger partial charge in [-0.1, -0.05) is 0 Å². The number of aliphatic imine (C=N–C) groups is 1. The van der Waals surface area contributed by atoms with Crippen molar-refractivity contribution < 1.29 is 34.2 Å². The van der Waals surface area contributed by atoms with Gasteiger partial charge in [0.1, 0.15) is 6.04 Å².